The number of rotatable bonds is 4. The number of benzene rings is 2. The van der Waals surface area contributed by atoms with Crippen LogP contribution in [0.2, 0.25) is 0 Å². The van der Waals surface area contributed by atoms with Crippen molar-refractivity contribution in [3.8, 4) is 11.3 Å². The number of fused-ring (bicyclic) bond motifs is 1. The number of carbonyl (C=O) groups is 2. The lowest BCUT2D eigenvalue weighted by Gasteiger charge is -2.17. The number of halogens is 1. The highest BCUT2D eigenvalue weighted by Gasteiger charge is 2.27. The van der Waals surface area contributed by atoms with Gasteiger partial charge in [0.15, 0.2) is 5.13 Å². The summed E-state index contributed by atoms with van der Waals surface area (Å²) in [5.41, 5.74) is 4.28. The number of aryl methyl sites for hydroxylation is 1. The third kappa shape index (κ3) is 3.93. The summed E-state index contributed by atoms with van der Waals surface area (Å²) in [7, 11) is 0. The fraction of sp³-hybridized carbons (Fsp3) is 0.320. The molecule has 1 N–H and O–H groups in total. The molecule has 0 spiro atoms. The van der Waals surface area contributed by atoms with E-state index >= 15 is 0 Å². The molecule has 7 heteroatoms. The summed E-state index contributed by atoms with van der Waals surface area (Å²) in [6.07, 6.45) is 4.92. The van der Waals surface area contributed by atoms with Crippen molar-refractivity contribution in [2.75, 3.05) is 16.8 Å². The van der Waals surface area contributed by atoms with Gasteiger partial charge in [-0.05, 0) is 68.1 Å². The molecule has 1 saturated carbocycles. The molecule has 1 aliphatic carbocycles. The second-order valence-corrected chi connectivity index (χ2v) is 9.65. The van der Waals surface area contributed by atoms with E-state index in [0.717, 1.165) is 59.5 Å². The molecule has 2 amide bonds. The topological polar surface area (TPSA) is 62.3 Å². The predicted octanol–water partition coefficient (Wildman–Crippen LogP) is 5.59. The predicted molar refractivity (Wildman–Crippen MR) is 125 cm³/mol. The van der Waals surface area contributed by atoms with Crippen LogP contribution in [-0.2, 0) is 11.2 Å². The molecule has 32 heavy (non-hydrogen) atoms. The average molecular weight is 450 g/mol. The Balaban J connectivity index is 1.35. The number of amides is 2. The van der Waals surface area contributed by atoms with Gasteiger partial charge in [-0.3, -0.25) is 9.59 Å². The van der Waals surface area contributed by atoms with Crippen LogP contribution in [0.1, 0.15) is 46.5 Å². The Hall–Kier alpha value is -3.06. The summed E-state index contributed by atoms with van der Waals surface area (Å²) in [6.45, 7) is 2.60. The molecule has 0 unspecified atom stereocenters. The van der Waals surface area contributed by atoms with Crippen LogP contribution in [-0.4, -0.2) is 23.3 Å². The number of nitrogens with one attached hydrogen (secondary N) is 1. The standard InChI is InChI=1S/C25H24FN3O2S/c1-15-22(27-25(32-15)28-23(30)16-4-2-3-5-16)19-8-11-21-18(14-19)12-13-29(21)24(31)17-6-9-20(26)10-7-17/h6-11,14,16H,2-5,12-13H2,1H3,(H,27,28,30). The number of hydrogen-bond acceptors (Lipinski definition) is 4. The lowest BCUT2D eigenvalue weighted by atomic mass is 10.1. The molecular weight excluding hydrogens is 425 g/mol. The quantitative estimate of drug-likeness (QED) is 0.565. The Kier molecular flexibility index (Phi) is 5.51. The van der Waals surface area contributed by atoms with E-state index in [-0.39, 0.29) is 23.5 Å². The summed E-state index contributed by atoms with van der Waals surface area (Å²) in [5.74, 6) is -0.303. The minimum Gasteiger partial charge on any atom is -0.308 e. The number of anilines is 2. The lowest BCUT2D eigenvalue weighted by molar-refractivity contribution is -0.119. The van der Waals surface area contributed by atoms with Crippen LogP contribution in [0, 0.1) is 18.7 Å². The van der Waals surface area contributed by atoms with Crippen molar-refractivity contribution in [3.05, 3.63) is 64.3 Å². The highest BCUT2D eigenvalue weighted by Crippen LogP contribution is 2.36. The zero-order valence-electron chi connectivity index (χ0n) is 17.9. The van der Waals surface area contributed by atoms with E-state index in [0.29, 0.717) is 17.2 Å². The zero-order valence-corrected chi connectivity index (χ0v) is 18.7. The Morgan fingerprint density at radius 2 is 1.88 bits per heavy atom. The molecule has 5 rings (SSSR count). The summed E-state index contributed by atoms with van der Waals surface area (Å²) in [5, 5.41) is 3.64. The maximum absolute atomic E-state index is 13.2. The van der Waals surface area contributed by atoms with Crippen LogP contribution in [0.5, 0.6) is 0 Å². The van der Waals surface area contributed by atoms with E-state index in [1.807, 2.05) is 19.1 Å². The Morgan fingerprint density at radius 1 is 1.12 bits per heavy atom. The number of nitrogens with zero attached hydrogens (tertiary/aromatic N) is 2. The normalized spacial score (nSPS) is 15.8. The summed E-state index contributed by atoms with van der Waals surface area (Å²) < 4.78 is 13.2. The molecule has 0 radical (unpaired) electrons. The van der Waals surface area contributed by atoms with Gasteiger partial charge < -0.3 is 10.2 Å². The Morgan fingerprint density at radius 3 is 2.62 bits per heavy atom. The van der Waals surface area contributed by atoms with Crippen molar-refractivity contribution < 1.29 is 14.0 Å². The molecule has 5 nitrogen and oxygen atoms in total. The fourth-order valence-corrected chi connectivity index (χ4v) is 5.46. The van der Waals surface area contributed by atoms with Gasteiger partial charge in [0.1, 0.15) is 5.82 Å². The largest absolute Gasteiger partial charge is 0.308 e. The first-order chi connectivity index (χ1) is 15.5. The van der Waals surface area contributed by atoms with E-state index in [4.69, 9.17) is 4.98 Å². The number of aromatic nitrogens is 1. The molecule has 1 fully saturated rings. The third-order valence-corrected chi connectivity index (χ3v) is 7.22. The van der Waals surface area contributed by atoms with E-state index in [1.54, 1.807) is 4.90 Å². The first-order valence-corrected chi connectivity index (χ1v) is 11.8. The first-order valence-electron chi connectivity index (χ1n) is 11.0. The van der Waals surface area contributed by atoms with Crippen molar-refractivity contribution in [1.82, 2.24) is 4.98 Å². The molecule has 0 saturated heterocycles. The van der Waals surface area contributed by atoms with Crippen LogP contribution in [0.3, 0.4) is 0 Å². The van der Waals surface area contributed by atoms with E-state index in [9.17, 15) is 14.0 Å². The molecule has 0 bridgehead atoms. The van der Waals surface area contributed by atoms with Gasteiger partial charge in [-0.2, -0.15) is 0 Å². The van der Waals surface area contributed by atoms with E-state index in [1.165, 1.54) is 35.6 Å². The van der Waals surface area contributed by atoms with Crippen LogP contribution in [0.4, 0.5) is 15.2 Å². The van der Waals surface area contributed by atoms with Gasteiger partial charge in [-0.25, -0.2) is 9.37 Å². The monoisotopic (exact) mass is 449 g/mol. The molecule has 164 valence electrons. The van der Waals surface area contributed by atoms with Crippen LogP contribution in [0.25, 0.3) is 11.3 Å². The average Bonchev–Trinajstić information content (AvgIpc) is 3.53. The van der Waals surface area contributed by atoms with Crippen molar-refractivity contribution in [1.29, 1.82) is 0 Å². The zero-order chi connectivity index (χ0) is 22.2. The number of hydrogen-bond donors (Lipinski definition) is 1. The molecule has 2 heterocycles. The Bertz CT molecular complexity index is 1180. The van der Waals surface area contributed by atoms with Gasteiger partial charge in [0, 0.05) is 34.2 Å². The molecular formula is C25H24FN3O2S. The number of carbonyl (C=O) groups excluding carboxylic acids is 2. The van der Waals surface area contributed by atoms with Crippen molar-refractivity contribution in [3.63, 3.8) is 0 Å². The van der Waals surface area contributed by atoms with Gasteiger partial charge in [0.05, 0.1) is 5.69 Å². The fourth-order valence-electron chi connectivity index (χ4n) is 4.62. The van der Waals surface area contributed by atoms with Crippen molar-refractivity contribution >= 4 is 34.0 Å². The van der Waals surface area contributed by atoms with Gasteiger partial charge in [0.25, 0.3) is 5.91 Å². The maximum Gasteiger partial charge on any atom is 0.258 e. The summed E-state index contributed by atoms with van der Waals surface area (Å²) in [6, 6.07) is 11.7. The van der Waals surface area contributed by atoms with Crippen LogP contribution < -0.4 is 10.2 Å². The molecule has 1 aliphatic heterocycles. The number of thiazole rings is 1. The highest BCUT2D eigenvalue weighted by molar-refractivity contribution is 7.16. The minimum absolute atomic E-state index is 0.0756. The lowest BCUT2D eigenvalue weighted by Crippen LogP contribution is -2.28. The molecule has 2 aliphatic rings. The summed E-state index contributed by atoms with van der Waals surface area (Å²) >= 11 is 1.50. The highest BCUT2D eigenvalue weighted by atomic mass is 32.1. The van der Waals surface area contributed by atoms with Gasteiger partial charge in [0.2, 0.25) is 5.91 Å². The van der Waals surface area contributed by atoms with Gasteiger partial charge >= 0.3 is 0 Å². The SMILES string of the molecule is Cc1sc(NC(=O)C2CCCC2)nc1-c1ccc2c(c1)CCN2C(=O)c1ccc(F)cc1. The molecule has 1 aromatic heterocycles. The maximum atomic E-state index is 13.2. The van der Waals surface area contributed by atoms with E-state index in [2.05, 4.69) is 11.4 Å². The molecule has 0 atom stereocenters. The first kappa shape index (κ1) is 20.8. The molecule has 2 aromatic carbocycles. The second-order valence-electron chi connectivity index (χ2n) is 8.45. The van der Waals surface area contributed by atoms with Crippen LogP contribution in [0.15, 0.2) is 42.5 Å². The van der Waals surface area contributed by atoms with Crippen molar-refractivity contribution in [2.45, 2.75) is 39.0 Å². The van der Waals surface area contributed by atoms with Crippen molar-refractivity contribution in [2.24, 2.45) is 5.92 Å². The van der Waals surface area contributed by atoms with E-state index < -0.39 is 0 Å². The second kappa shape index (κ2) is 8.47. The Labute approximate surface area is 190 Å². The third-order valence-electron chi connectivity index (χ3n) is 6.34. The van der Waals surface area contributed by atoms with Gasteiger partial charge in [-0.15, -0.1) is 11.3 Å². The molecule has 3 aromatic rings. The minimum atomic E-state index is -0.356. The van der Waals surface area contributed by atoms with Gasteiger partial charge in [-0.1, -0.05) is 18.9 Å². The smallest absolute Gasteiger partial charge is 0.258 e. The van der Waals surface area contributed by atoms with Crippen LogP contribution >= 0.6 is 11.3 Å². The summed E-state index contributed by atoms with van der Waals surface area (Å²) in [4.78, 5) is 32.8.